The van der Waals surface area contributed by atoms with Gasteiger partial charge in [0, 0.05) is 18.3 Å². The summed E-state index contributed by atoms with van der Waals surface area (Å²) >= 11 is 0. The highest BCUT2D eigenvalue weighted by Gasteiger charge is 1.94. The number of aliphatic imine (C=N–C) groups is 1. The smallest absolute Gasteiger partial charge is 0.0318 e. The second-order valence-corrected chi connectivity index (χ2v) is 1.45. The summed E-state index contributed by atoms with van der Waals surface area (Å²) in [5.41, 5.74) is 0. The lowest BCUT2D eigenvalue weighted by atomic mass is 10.2. The fraction of sp³-hybridized carbons (Fsp3) is 0.167. The fourth-order valence-corrected chi connectivity index (χ4v) is 0.487. The molecule has 1 atom stereocenters. The van der Waals surface area contributed by atoms with Gasteiger partial charge in [0.1, 0.15) is 0 Å². The predicted molar refractivity (Wildman–Crippen MR) is 31.3 cm³/mol. The second-order valence-electron chi connectivity index (χ2n) is 1.45. The minimum atomic E-state index is 0.389. The van der Waals surface area contributed by atoms with E-state index in [1.807, 2.05) is 18.4 Å². The summed E-state index contributed by atoms with van der Waals surface area (Å²) in [6, 6.07) is 0. The Balaban J connectivity index is 2.59. The lowest BCUT2D eigenvalue weighted by molar-refractivity contribution is 1.21. The Kier molecular flexibility index (Phi) is 1.07. The van der Waals surface area contributed by atoms with Crippen LogP contribution in [0.5, 0.6) is 0 Å². The van der Waals surface area contributed by atoms with Crippen molar-refractivity contribution < 1.29 is 0 Å². The van der Waals surface area contributed by atoms with Gasteiger partial charge in [0.25, 0.3) is 0 Å². The van der Waals surface area contributed by atoms with E-state index < -0.39 is 0 Å². The van der Waals surface area contributed by atoms with Gasteiger partial charge in [-0.3, -0.25) is 4.99 Å². The molecule has 1 heterocycles. The fourth-order valence-electron chi connectivity index (χ4n) is 0.487. The lowest BCUT2D eigenvalue weighted by Gasteiger charge is -1.85. The summed E-state index contributed by atoms with van der Waals surface area (Å²) in [6.07, 6.45) is 7.49. The molecule has 0 fully saturated rings. The zero-order chi connectivity index (χ0) is 5.11. The largest absolute Gasteiger partial charge is 0.268 e. The average molecular weight is 93.1 g/mol. The van der Waals surface area contributed by atoms with Crippen molar-refractivity contribution in [3.05, 3.63) is 24.9 Å². The maximum Gasteiger partial charge on any atom is 0.0318 e. The number of hydrogen-bond acceptors (Lipinski definition) is 1. The molecular formula is C6H7N. The normalized spacial score (nSPS) is 26.0. The van der Waals surface area contributed by atoms with Crippen LogP contribution in [0.15, 0.2) is 29.9 Å². The summed E-state index contributed by atoms with van der Waals surface area (Å²) in [4.78, 5) is 3.86. The minimum Gasteiger partial charge on any atom is -0.268 e. The van der Waals surface area contributed by atoms with E-state index in [1.165, 1.54) is 0 Å². The molecule has 0 N–H and O–H groups in total. The molecule has 1 aliphatic rings. The van der Waals surface area contributed by atoms with Crippen LogP contribution in [0, 0.1) is 5.92 Å². The highest BCUT2D eigenvalue weighted by atomic mass is 14.7. The molecule has 0 saturated heterocycles. The van der Waals surface area contributed by atoms with Crippen molar-refractivity contribution in [1.82, 2.24) is 0 Å². The predicted octanol–water partition coefficient (Wildman–Crippen LogP) is 1.39. The Morgan fingerprint density at radius 2 is 2.57 bits per heavy atom. The van der Waals surface area contributed by atoms with Gasteiger partial charge in [-0.15, -0.1) is 6.58 Å². The number of hydrogen-bond donors (Lipinski definition) is 0. The van der Waals surface area contributed by atoms with Crippen LogP contribution in [0.4, 0.5) is 0 Å². The van der Waals surface area contributed by atoms with Gasteiger partial charge in [-0.05, 0) is 0 Å². The van der Waals surface area contributed by atoms with E-state index in [9.17, 15) is 0 Å². The topological polar surface area (TPSA) is 12.4 Å². The quantitative estimate of drug-likeness (QED) is 0.434. The Morgan fingerprint density at radius 3 is 2.86 bits per heavy atom. The average Bonchev–Trinajstić information content (AvgIpc) is 2.14. The van der Waals surface area contributed by atoms with Crippen molar-refractivity contribution in [2.45, 2.75) is 0 Å². The van der Waals surface area contributed by atoms with Gasteiger partial charge in [0.2, 0.25) is 0 Å². The van der Waals surface area contributed by atoms with E-state index in [0.29, 0.717) is 5.92 Å². The molecule has 7 heavy (non-hydrogen) atoms. The first-order chi connectivity index (χ1) is 3.43. The van der Waals surface area contributed by atoms with Crippen LogP contribution in [-0.4, -0.2) is 6.21 Å². The Bertz CT molecular complexity index is 110. The van der Waals surface area contributed by atoms with Crippen LogP contribution in [0.2, 0.25) is 0 Å². The van der Waals surface area contributed by atoms with Crippen molar-refractivity contribution in [3.63, 3.8) is 0 Å². The molecular weight excluding hydrogens is 86.1 g/mol. The van der Waals surface area contributed by atoms with Crippen LogP contribution >= 0.6 is 0 Å². The van der Waals surface area contributed by atoms with Gasteiger partial charge in [0.05, 0.1) is 0 Å². The van der Waals surface area contributed by atoms with Crippen molar-refractivity contribution in [2.75, 3.05) is 0 Å². The van der Waals surface area contributed by atoms with Crippen molar-refractivity contribution in [3.8, 4) is 0 Å². The third kappa shape index (κ3) is 0.769. The van der Waals surface area contributed by atoms with Crippen molar-refractivity contribution in [1.29, 1.82) is 0 Å². The summed E-state index contributed by atoms with van der Waals surface area (Å²) in [7, 11) is 0. The highest BCUT2D eigenvalue weighted by Crippen LogP contribution is 2.01. The molecule has 0 amide bonds. The molecule has 1 nitrogen and oxygen atoms in total. The third-order valence-electron chi connectivity index (χ3n) is 0.925. The molecule has 0 aliphatic carbocycles. The van der Waals surface area contributed by atoms with Gasteiger partial charge in [-0.1, -0.05) is 12.2 Å². The molecule has 0 spiro atoms. The SMILES string of the molecule is C=CC1C=CN=C1. The minimum absolute atomic E-state index is 0.389. The van der Waals surface area contributed by atoms with Crippen LogP contribution in [0.25, 0.3) is 0 Å². The van der Waals surface area contributed by atoms with Crippen LogP contribution in [0.3, 0.4) is 0 Å². The zero-order valence-electron chi connectivity index (χ0n) is 4.04. The van der Waals surface area contributed by atoms with E-state index in [-0.39, 0.29) is 0 Å². The van der Waals surface area contributed by atoms with Gasteiger partial charge in [-0.2, -0.15) is 0 Å². The van der Waals surface area contributed by atoms with Gasteiger partial charge in [-0.25, -0.2) is 0 Å². The van der Waals surface area contributed by atoms with Crippen LogP contribution < -0.4 is 0 Å². The van der Waals surface area contributed by atoms with Gasteiger partial charge < -0.3 is 0 Å². The lowest BCUT2D eigenvalue weighted by Crippen LogP contribution is -1.84. The highest BCUT2D eigenvalue weighted by molar-refractivity contribution is 5.68. The summed E-state index contributed by atoms with van der Waals surface area (Å²) in [5, 5.41) is 0. The van der Waals surface area contributed by atoms with Crippen LogP contribution in [-0.2, 0) is 0 Å². The third-order valence-corrected chi connectivity index (χ3v) is 0.925. The molecule has 0 aromatic rings. The van der Waals surface area contributed by atoms with Crippen LogP contribution in [0.1, 0.15) is 0 Å². The standard InChI is InChI=1S/C6H7N/c1-2-6-3-4-7-5-6/h2-6H,1H2. The van der Waals surface area contributed by atoms with Crippen molar-refractivity contribution >= 4 is 6.21 Å². The monoisotopic (exact) mass is 93.1 g/mol. The van der Waals surface area contributed by atoms with Gasteiger partial charge in [0.15, 0.2) is 0 Å². The van der Waals surface area contributed by atoms with Crippen molar-refractivity contribution in [2.24, 2.45) is 10.9 Å². The second kappa shape index (κ2) is 1.73. The zero-order valence-corrected chi connectivity index (χ0v) is 4.04. The molecule has 1 heteroatoms. The molecule has 0 bridgehead atoms. The molecule has 0 saturated carbocycles. The first-order valence-electron chi connectivity index (χ1n) is 2.26. The summed E-state index contributed by atoms with van der Waals surface area (Å²) < 4.78 is 0. The van der Waals surface area contributed by atoms with E-state index in [0.717, 1.165) is 0 Å². The number of rotatable bonds is 1. The molecule has 1 rings (SSSR count). The molecule has 0 radical (unpaired) electrons. The molecule has 36 valence electrons. The number of nitrogens with zero attached hydrogens (tertiary/aromatic N) is 1. The van der Waals surface area contributed by atoms with E-state index in [2.05, 4.69) is 11.6 Å². The molecule has 1 unspecified atom stereocenters. The van der Waals surface area contributed by atoms with E-state index >= 15 is 0 Å². The number of allylic oxidation sites excluding steroid dienone is 2. The molecule has 0 aromatic carbocycles. The maximum atomic E-state index is 3.86. The summed E-state index contributed by atoms with van der Waals surface area (Å²) in [6.45, 7) is 3.60. The first-order valence-corrected chi connectivity index (χ1v) is 2.26. The Labute approximate surface area is 43.1 Å². The summed E-state index contributed by atoms with van der Waals surface area (Å²) in [5.74, 6) is 0.389. The molecule has 1 aliphatic heterocycles. The maximum absolute atomic E-state index is 3.86. The van der Waals surface area contributed by atoms with E-state index in [1.54, 1.807) is 6.20 Å². The van der Waals surface area contributed by atoms with E-state index in [4.69, 9.17) is 0 Å². The van der Waals surface area contributed by atoms with Gasteiger partial charge >= 0.3 is 0 Å². The first kappa shape index (κ1) is 4.31. The Hall–Kier alpha value is -0.850. The Morgan fingerprint density at radius 1 is 1.71 bits per heavy atom. The molecule has 0 aromatic heterocycles.